The minimum atomic E-state index is -5.11. The number of benzene rings is 3. The highest BCUT2D eigenvalue weighted by molar-refractivity contribution is 6.08. The first-order valence-corrected chi connectivity index (χ1v) is 14.1. The predicted molar refractivity (Wildman–Crippen MR) is 155 cm³/mol. The number of hydrogen-bond donors (Lipinski definition) is 2. The predicted octanol–water partition coefficient (Wildman–Crippen LogP) is 6.38. The number of nitrogens with zero attached hydrogens (tertiary/aromatic N) is 2. The lowest BCUT2D eigenvalue weighted by molar-refractivity contribution is -0.236. The number of carbonyl (C=O) groups is 2. The highest BCUT2D eigenvalue weighted by Crippen LogP contribution is 2.47. The molecule has 1 aromatic heterocycles. The number of carboxylic acid groups (broad SMARTS) is 1. The second-order valence-corrected chi connectivity index (χ2v) is 11.1. The molecule has 2 heterocycles. The molecular formula is C32H29F6N3O4. The number of aromatic nitrogens is 1. The van der Waals surface area contributed by atoms with Crippen molar-refractivity contribution in [2.45, 2.75) is 37.7 Å². The lowest BCUT2D eigenvalue weighted by Crippen LogP contribution is -2.59. The highest BCUT2D eigenvalue weighted by Gasteiger charge is 2.61. The number of hydrogen-bond acceptors (Lipinski definition) is 5. The molecule has 0 aliphatic carbocycles. The van der Waals surface area contributed by atoms with E-state index in [9.17, 15) is 41.0 Å². The second kappa shape index (κ2) is 12.2. The van der Waals surface area contributed by atoms with Crippen LogP contribution in [-0.2, 0) is 16.0 Å². The van der Waals surface area contributed by atoms with Gasteiger partial charge < -0.3 is 15.2 Å². The van der Waals surface area contributed by atoms with Crippen LogP contribution in [0.4, 0.5) is 26.3 Å². The number of rotatable bonds is 8. The molecule has 0 radical (unpaired) electrons. The summed E-state index contributed by atoms with van der Waals surface area (Å²) >= 11 is 0. The summed E-state index contributed by atoms with van der Waals surface area (Å²) in [6.45, 7) is -2.64. The van der Waals surface area contributed by atoms with Gasteiger partial charge in [-0.2, -0.15) is 26.3 Å². The molecule has 5 rings (SSSR count). The van der Waals surface area contributed by atoms with Crippen molar-refractivity contribution in [3.63, 3.8) is 0 Å². The van der Waals surface area contributed by atoms with Crippen molar-refractivity contribution in [2.75, 3.05) is 26.7 Å². The maximum atomic E-state index is 14.3. The minimum Gasteiger partial charge on any atom is -0.496 e. The molecule has 1 atom stereocenters. The summed E-state index contributed by atoms with van der Waals surface area (Å²) in [6.07, 6.45) is -8.54. The van der Waals surface area contributed by atoms with Gasteiger partial charge in [0.25, 0.3) is 0 Å². The fourth-order valence-electron chi connectivity index (χ4n) is 6.06. The topological polar surface area (TPSA) is 91.8 Å². The van der Waals surface area contributed by atoms with E-state index in [1.807, 2.05) is 30.3 Å². The summed E-state index contributed by atoms with van der Waals surface area (Å²) in [5, 5.41) is 15.1. The number of nitrogens with one attached hydrogen (secondary N) is 1. The summed E-state index contributed by atoms with van der Waals surface area (Å²) in [4.78, 5) is 30.5. The fraction of sp³-hybridized carbons (Fsp3) is 0.344. The first kappa shape index (κ1) is 32.0. The van der Waals surface area contributed by atoms with Crippen LogP contribution in [0, 0.1) is 5.41 Å². The Kier molecular flexibility index (Phi) is 8.67. The number of carbonyl (C=O) groups excluding carboxylic acids is 1. The van der Waals surface area contributed by atoms with Crippen LogP contribution >= 0.6 is 0 Å². The summed E-state index contributed by atoms with van der Waals surface area (Å²) < 4.78 is 87.0. The molecule has 4 aromatic rings. The Bertz CT molecular complexity index is 1730. The van der Waals surface area contributed by atoms with E-state index in [0.717, 1.165) is 26.8 Å². The SMILES string of the molecule is COc1ccc2ccncc2c1-c1cccc2c(C[C@H](NC(=O)C3(C(F)(F)F)CCN(CC(F)(F)F)CC3)C(=O)O)cccc12. The van der Waals surface area contributed by atoms with Gasteiger partial charge in [0.15, 0.2) is 0 Å². The molecule has 0 spiro atoms. The molecule has 1 aliphatic heterocycles. The molecule has 0 saturated carbocycles. The van der Waals surface area contributed by atoms with Gasteiger partial charge in [-0.25, -0.2) is 4.79 Å². The van der Waals surface area contributed by atoms with Crippen molar-refractivity contribution in [1.29, 1.82) is 0 Å². The maximum Gasteiger partial charge on any atom is 0.403 e. The van der Waals surface area contributed by atoms with Gasteiger partial charge in [0.2, 0.25) is 5.91 Å². The Morgan fingerprint density at radius 1 is 0.978 bits per heavy atom. The number of pyridine rings is 1. The Hall–Kier alpha value is -4.39. The third kappa shape index (κ3) is 6.39. The third-order valence-electron chi connectivity index (χ3n) is 8.40. The summed E-state index contributed by atoms with van der Waals surface area (Å²) in [5.41, 5.74) is -1.06. The van der Waals surface area contributed by atoms with E-state index in [-0.39, 0.29) is 6.42 Å². The molecule has 238 valence electrons. The molecule has 1 aliphatic rings. The molecule has 1 amide bonds. The van der Waals surface area contributed by atoms with Gasteiger partial charge in [0.1, 0.15) is 17.2 Å². The third-order valence-corrected chi connectivity index (χ3v) is 8.40. The summed E-state index contributed by atoms with van der Waals surface area (Å²) in [7, 11) is 1.53. The molecule has 45 heavy (non-hydrogen) atoms. The van der Waals surface area contributed by atoms with Crippen LogP contribution in [0.3, 0.4) is 0 Å². The van der Waals surface area contributed by atoms with E-state index in [1.54, 1.807) is 36.7 Å². The molecule has 13 heteroatoms. The van der Waals surface area contributed by atoms with Crippen molar-refractivity contribution in [2.24, 2.45) is 5.41 Å². The van der Waals surface area contributed by atoms with Crippen LogP contribution in [-0.4, -0.2) is 72.0 Å². The van der Waals surface area contributed by atoms with Crippen LogP contribution in [0.1, 0.15) is 18.4 Å². The molecule has 3 aromatic carbocycles. The van der Waals surface area contributed by atoms with Gasteiger partial charge in [-0.05, 0) is 65.3 Å². The first-order chi connectivity index (χ1) is 21.2. The van der Waals surface area contributed by atoms with Crippen molar-refractivity contribution in [3.05, 3.63) is 72.6 Å². The number of methoxy groups -OCH3 is 1. The van der Waals surface area contributed by atoms with Gasteiger partial charge in [-0.3, -0.25) is 14.7 Å². The van der Waals surface area contributed by atoms with E-state index in [2.05, 4.69) is 10.3 Å². The Labute approximate surface area is 253 Å². The summed E-state index contributed by atoms with van der Waals surface area (Å²) in [5.74, 6) is -2.55. The molecule has 1 saturated heterocycles. The molecular weight excluding hydrogens is 604 g/mol. The van der Waals surface area contributed by atoms with Crippen LogP contribution in [0.5, 0.6) is 5.75 Å². The van der Waals surface area contributed by atoms with Crippen LogP contribution < -0.4 is 10.1 Å². The number of alkyl halides is 6. The first-order valence-electron chi connectivity index (χ1n) is 14.1. The number of ether oxygens (including phenoxy) is 1. The van der Waals surface area contributed by atoms with Crippen LogP contribution in [0.15, 0.2) is 67.0 Å². The molecule has 7 nitrogen and oxygen atoms in total. The van der Waals surface area contributed by atoms with Gasteiger partial charge in [0.05, 0.1) is 13.7 Å². The van der Waals surface area contributed by atoms with Gasteiger partial charge in [-0.1, -0.05) is 42.5 Å². The smallest absolute Gasteiger partial charge is 0.403 e. The van der Waals surface area contributed by atoms with E-state index in [4.69, 9.17) is 4.74 Å². The number of fused-ring (bicyclic) bond motifs is 2. The van der Waals surface area contributed by atoms with Crippen molar-refractivity contribution in [1.82, 2.24) is 15.2 Å². The van der Waals surface area contributed by atoms with E-state index < -0.39 is 68.2 Å². The molecule has 2 N–H and O–H groups in total. The average Bonchev–Trinajstić information content (AvgIpc) is 2.99. The van der Waals surface area contributed by atoms with Crippen LogP contribution in [0.25, 0.3) is 32.7 Å². The maximum absolute atomic E-state index is 14.3. The quantitative estimate of drug-likeness (QED) is 0.219. The van der Waals surface area contributed by atoms with Crippen molar-refractivity contribution < 1.29 is 45.8 Å². The largest absolute Gasteiger partial charge is 0.496 e. The number of halogens is 6. The number of amides is 1. The fourth-order valence-corrected chi connectivity index (χ4v) is 6.06. The average molecular weight is 634 g/mol. The number of piperidine rings is 1. The molecule has 0 bridgehead atoms. The van der Waals surface area contributed by atoms with E-state index >= 15 is 0 Å². The van der Waals surface area contributed by atoms with Gasteiger partial charge >= 0.3 is 18.3 Å². The van der Waals surface area contributed by atoms with Gasteiger partial charge in [0, 0.05) is 29.8 Å². The molecule has 0 unspecified atom stereocenters. The standard InChI is InChI=1S/C32H29F6N3O4/c1-45-26-9-8-19-10-13-39-17-24(19)27(26)23-7-3-5-21-20(4-2-6-22(21)23)16-25(28(42)43)40-29(44)30(32(36,37)38)11-14-41(15-12-30)18-31(33,34)35/h2-10,13,17,25H,11-12,14-16,18H2,1H3,(H,40,44)(H,42,43)/t25-/m0/s1. The lowest BCUT2D eigenvalue weighted by atomic mass is 9.76. The van der Waals surface area contributed by atoms with Crippen LogP contribution in [0.2, 0.25) is 0 Å². The summed E-state index contributed by atoms with van der Waals surface area (Å²) in [6, 6.07) is 14.3. The second-order valence-electron chi connectivity index (χ2n) is 11.1. The number of carboxylic acids is 1. The van der Waals surface area contributed by atoms with E-state index in [1.165, 1.54) is 7.11 Å². The number of likely N-dealkylation sites (tertiary alicyclic amines) is 1. The highest BCUT2D eigenvalue weighted by atomic mass is 19.4. The zero-order valence-corrected chi connectivity index (χ0v) is 24.0. The zero-order chi connectivity index (χ0) is 32.6. The monoisotopic (exact) mass is 633 g/mol. The molecule has 1 fully saturated rings. The van der Waals surface area contributed by atoms with Gasteiger partial charge in [-0.15, -0.1) is 0 Å². The van der Waals surface area contributed by atoms with E-state index in [0.29, 0.717) is 22.1 Å². The van der Waals surface area contributed by atoms with Crippen molar-refractivity contribution in [3.8, 4) is 16.9 Å². The number of aliphatic carboxylic acids is 1. The Balaban J connectivity index is 1.47. The lowest BCUT2D eigenvalue weighted by Gasteiger charge is -2.42. The van der Waals surface area contributed by atoms with Crippen molar-refractivity contribution >= 4 is 33.4 Å². The normalized spacial score (nSPS) is 16.4. The Morgan fingerprint density at radius 3 is 2.31 bits per heavy atom. The zero-order valence-electron chi connectivity index (χ0n) is 24.0. The Morgan fingerprint density at radius 2 is 1.67 bits per heavy atom. The minimum absolute atomic E-state index is 0.343.